The molecule has 2 amide bonds. The molecule has 138 valence electrons. The molecule has 0 bridgehead atoms. The molecule has 7 nitrogen and oxygen atoms in total. The molecule has 2 aromatic rings. The fourth-order valence-corrected chi connectivity index (χ4v) is 3.31. The number of benzene rings is 1. The van der Waals surface area contributed by atoms with Crippen LogP contribution in [-0.2, 0) is 9.59 Å². The lowest BCUT2D eigenvalue weighted by atomic mass is 9.97. The van der Waals surface area contributed by atoms with E-state index in [9.17, 15) is 9.59 Å². The number of para-hydroxylation sites is 1. The van der Waals surface area contributed by atoms with Crippen LogP contribution in [0.15, 0.2) is 36.5 Å². The molecule has 3 N–H and O–H groups in total. The predicted octanol–water partition coefficient (Wildman–Crippen LogP) is 0.927. The average molecular weight is 356 g/mol. The van der Waals surface area contributed by atoms with Crippen LogP contribution in [-0.4, -0.2) is 54.5 Å². The maximum atomic E-state index is 12.3. The number of likely N-dealkylation sites (tertiary alicyclic amines) is 1. The maximum absolute atomic E-state index is 12.3. The maximum Gasteiger partial charge on any atom is 0.231 e. The molecule has 1 aromatic heterocycles. The largest absolute Gasteiger partial charge is 0.489 e. The molecule has 1 fully saturated rings. The van der Waals surface area contributed by atoms with Gasteiger partial charge in [0.2, 0.25) is 11.8 Å². The third kappa shape index (κ3) is 4.70. The smallest absolute Gasteiger partial charge is 0.231 e. The molecule has 7 heteroatoms. The van der Waals surface area contributed by atoms with Gasteiger partial charge in [-0.25, -0.2) is 0 Å². The Morgan fingerprint density at radius 1 is 1.31 bits per heavy atom. The summed E-state index contributed by atoms with van der Waals surface area (Å²) in [7, 11) is 0. The first kappa shape index (κ1) is 18.1. The first-order chi connectivity index (χ1) is 12.6. The van der Waals surface area contributed by atoms with Crippen molar-refractivity contribution in [2.75, 3.05) is 32.8 Å². The van der Waals surface area contributed by atoms with Crippen LogP contribution in [0.3, 0.4) is 0 Å². The van der Waals surface area contributed by atoms with Gasteiger partial charge in [-0.05, 0) is 31.5 Å². The molecule has 1 saturated heterocycles. The van der Waals surface area contributed by atoms with Crippen molar-refractivity contribution in [3.63, 3.8) is 0 Å². The van der Waals surface area contributed by atoms with E-state index in [1.807, 2.05) is 35.2 Å². The van der Waals surface area contributed by atoms with Crippen molar-refractivity contribution in [2.45, 2.75) is 12.8 Å². The number of hydrogen-bond donors (Lipinski definition) is 2. The molecule has 3 rings (SSSR count). The van der Waals surface area contributed by atoms with Crippen LogP contribution >= 0.6 is 0 Å². The number of ether oxygens (including phenoxy) is 1. The van der Waals surface area contributed by atoms with E-state index >= 15 is 0 Å². The van der Waals surface area contributed by atoms with Crippen LogP contribution < -0.4 is 15.8 Å². The molecule has 0 saturated carbocycles. The number of carbonyl (C=O) groups is 2. The van der Waals surface area contributed by atoms with Gasteiger partial charge in [-0.1, -0.05) is 18.2 Å². The number of primary amides is 1. The summed E-state index contributed by atoms with van der Waals surface area (Å²) in [5.41, 5.74) is 6.05. The summed E-state index contributed by atoms with van der Waals surface area (Å²) in [6.45, 7) is 2.39. The lowest BCUT2D eigenvalue weighted by Crippen LogP contribution is -2.46. The van der Waals surface area contributed by atoms with Crippen molar-refractivity contribution in [3.8, 4) is 5.75 Å². The number of rotatable bonds is 7. The Kier molecular flexibility index (Phi) is 6.01. The van der Waals surface area contributed by atoms with Gasteiger partial charge in [0.1, 0.15) is 17.9 Å². The molecule has 0 radical (unpaired) electrons. The quantitative estimate of drug-likeness (QED) is 0.719. The Morgan fingerprint density at radius 2 is 2.15 bits per heavy atom. The zero-order valence-electron chi connectivity index (χ0n) is 14.7. The van der Waals surface area contributed by atoms with Crippen LogP contribution in [0.25, 0.3) is 10.9 Å². The lowest BCUT2D eigenvalue weighted by molar-refractivity contribution is -0.128. The molecular weight excluding hydrogens is 332 g/mol. The van der Waals surface area contributed by atoms with Crippen LogP contribution in [0.2, 0.25) is 0 Å². The Morgan fingerprint density at radius 3 is 3.00 bits per heavy atom. The summed E-state index contributed by atoms with van der Waals surface area (Å²) >= 11 is 0. The molecule has 0 spiro atoms. The van der Waals surface area contributed by atoms with E-state index < -0.39 is 0 Å². The van der Waals surface area contributed by atoms with Gasteiger partial charge in [-0.3, -0.25) is 19.5 Å². The Labute approximate surface area is 152 Å². The predicted molar refractivity (Wildman–Crippen MR) is 98.6 cm³/mol. The molecule has 0 aliphatic carbocycles. The first-order valence-corrected chi connectivity index (χ1v) is 8.88. The van der Waals surface area contributed by atoms with E-state index in [0.717, 1.165) is 30.3 Å². The van der Waals surface area contributed by atoms with Crippen LogP contribution in [0.4, 0.5) is 0 Å². The van der Waals surface area contributed by atoms with Gasteiger partial charge in [0.05, 0.1) is 19.0 Å². The van der Waals surface area contributed by atoms with E-state index in [1.165, 1.54) is 0 Å². The minimum atomic E-state index is -0.358. The minimum Gasteiger partial charge on any atom is -0.489 e. The number of nitrogens with two attached hydrogens (primary N) is 1. The van der Waals surface area contributed by atoms with Gasteiger partial charge < -0.3 is 15.8 Å². The summed E-state index contributed by atoms with van der Waals surface area (Å²) < 4.78 is 5.78. The number of nitrogens with zero attached hydrogens (tertiary/aromatic N) is 2. The SMILES string of the molecule is NC(=O)CN1CCC[C@@H](C(=O)NCCOc2cccc3cccnc23)C1. The summed E-state index contributed by atoms with van der Waals surface area (Å²) in [4.78, 5) is 29.7. The molecule has 0 unspecified atom stereocenters. The van der Waals surface area contributed by atoms with Crippen molar-refractivity contribution in [2.24, 2.45) is 11.7 Å². The fraction of sp³-hybridized carbons (Fsp3) is 0.421. The number of pyridine rings is 1. The highest BCUT2D eigenvalue weighted by Crippen LogP contribution is 2.22. The van der Waals surface area contributed by atoms with Gasteiger partial charge in [-0.2, -0.15) is 0 Å². The summed E-state index contributed by atoms with van der Waals surface area (Å²) in [6.07, 6.45) is 3.45. The third-order valence-electron chi connectivity index (χ3n) is 4.51. The molecule has 1 aromatic carbocycles. The Bertz CT molecular complexity index is 775. The topological polar surface area (TPSA) is 97.6 Å². The van der Waals surface area contributed by atoms with Gasteiger partial charge in [0.25, 0.3) is 0 Å². The number of nitrogens with one attached hydrogen (secondary N) is 1. The highest BCUT2D eigenvalue weighted by Gasteiger charge is 2.26. The van der Waals surface area contributed by atoms with E-state index in [0.29, 0.717) is 25.4 Å². The lowest BCUT2D eigenvalue weighted by Gasteiger charge is -2.30. The van der Waals surface area contributed by atoms with Crippen LogP contribution in [0, 0.1) is 5.92 Å². The van der Waals surface area contributed by atoms with Crippen molar-refractivity contribution in [3.05, 3.63) is 36.5 Å². The van der Waals surface area contributed by atoms with Crippen molar-refractivity contribution in [1.29, 1.82) is 0 Å². The zero-order chi connectivity index (χ0) is 18.4. The number of fused-ring (bicyclic) bond motifs is 1. The summed E-state index contributed by atoms with van der Waals surface area (Å²) in [6, 6.07) is 9.65. The van der Waals surface area contributed by atoms with Gasteiger partial charge in [0.15, 0.2) is 0 Å². The van der Waals surface area contributed by atoms with Gasteiger partial charge in [-0.15, -0.1) is 0 Å². The Balaban J connectivity index is 1.45. The number of carbonyl (C=O) groups excluding carboxylic acids is 2. The van der Waals surface area contributed by atoms with Crippen LogP contribution in [0.5, 0.6) is 5.75 Å². The van der Waals surface area contributed by atoms with E-state index in [4.69, 9.17) is 10.5 Å². The highest BCUT2D eigenvalue weighted by atomic mass is 16.5. The number of amides is 2. The standard InChI is InChI=1S/C19H24N4O3/c20-17(24)13-23-10-3-6-15(12-23)19(25)22-9-11-26-16-7-1-4-14-5-2-8-21-18(14)16/h1-2,4-5,7-8,15H,3,6,9-13H2,(H2,20,24)(H,22,25)/t15-/m1/s1. The second-order valence-electron chi connectivity index (χ2n) is 6.51. The molecule has 1 atom stereocenters. The van der Waals surface area contributed by atoms with E-state index in [1.54, 1.807) is 6.20 Å². The van der Waals surface area contributed by atoms with E-state index in [2.05, 4.69) is 10.3 Å². The average Bonchev–Trinajstić information content (AvgIpc) is 2.65. The van der Waals surface area contributed by atoms with Crippen molar-refractivity contribution >= 4 is 22.7 Å². The second kappa shape index (κ2) is 8.62. The normalized spacial score (nSPS) is 17.8. The molecular formula is C19H24N4O3. The summed E-state index contributed by atoms with van der Waals surface area (Å²) in [5.74, 6) is 0.243. The van der Waals surface area contributed by atoms with E-state index in [-0.39, 0.29) is 24.3 Å². The third-order valence-corrected chi connectivity index (χ3v) is 4.51. The monoisotopic (exact) mass is 356 g/mol. The number of aromatic nitrogens is 1. The second-order valence-corrected chi connectivity index (χ2v) is 6.51. The fourth-order valence-electron chi connectivity index (χ4n) is 3.31. The van der Waals surface area contributed by atoms with Gasteiger partial charge >= 0.3 is 0 Å². The van der Waals surface area contributed by atoms with Gasteiger partial charge in [0, 0.05) is 18.1 Å². The molecule has 26 heavy (non-hydrogen) atoms. The zero-order valence-corrected chi connectivity index (χ0v) is 14.7. The minimum absolute atomic E-state index is 0.00110. The van der Waals surface area contributed by atoms with Crippen LogP contribution in [0.1, 0.15) is 12.8 Å². The molecule has 1 aliphatic heterocycles. The number of piperidine rings is 1. The Hall–Kier alpha value is -2.67. The van der Waals surface area contributed by atoms with Crippen molar-refractivity contribution in [1.82, 2.24) is 15.2 Å². The van der Waals surface area contributed by atoms with Crippen molar-refractivity contribution < 1.29 is 14.3 Å². The molecule has 2 heterocycles. The first-order valence-electron chi connectivity index (χ1n) is 8.88. The highest BCUT2D eigenvalue weighted by molar-refractivity contribution is 5.84. The number of hydrogen-bond acceptors (Lipinski definition) is 5. The summed E-state index contributed by atoms with van der Waals surface area (Å²) in [5, 5.41) is 3.94. The molecule has 1 aliphatic rings.